The van der Waals surface area contributed by atoms with Crippen molar-refractivity contribution in [1.29, 1.82) is 0 Å². The lowest BCUT2D eigenvalue weighted by Crippen LogP contribution is -2.37. The number of rotatable bonds is 7. The molecule has 0 spiro atoms. The highest BCUT2D eigenvalue weighted by Crippen LogP contribution is 2.22. The summed E-state index contributed by atoms with van der Waals surface area (Å²) >= 11 is 5.04. The van der Waals surface area contributed by atoms with Crippen LogP contribution in [0.1, 0.15) is 20.8 Å². The fraction of sp³-hybridized carbons (Fsp3) is 0.357. The second-order valence-electron chi connectivity index (χ2n) is 4.78. The van der Waals surface area contributed by atoms with Gasteiger partial charge in [0.1, 0.15) is 22.6 Å². The predicted molar refractivity (Wildman–Crippen MR) is 84.2 cm³/mol. The molecule has 1 aromatic carbocycles. The number of carboxylic acid groups (broad SMARTS) is 1. The maximum atomic E-state index is 11.0. The molecule has 0 fully saturated rings. The first-order chi connectivity index (χ1) is 9.76. The molecule has 0 bridgehead atoms. The Hall–Kier alpha value is -2.15. The van der Waals surface area contributed by atoms with Crippen LogP contribution in [0.15, 0.2) is 29.4 Å². The van der Waals surface area contributed by atoms with Crippen LogP contribution in [0.2, 0.25) is 0 Å². The maximum absolute atomic E-state index is 11.0. The van der Waals surface area contributed by atoms with Gasteiger partial charge in [-0.3, -0.25) is 5.43 Å². The molecule has 1 atom stereocenters. The zero-order chi connectivity index (χ0) is 16.0. The average Bonchev–Trinajstić information content (AvgIpc) is 2.40. The van der Waals surface area contributed by atoms with Gasteiger partial charge in [-0.25, -0.2) is 4.79 Å². The van der Waals surface area contributed by atoms with Crippen molar-refractivity contribution in [2.24, 2.45) is 5.10 Å². The van der Waals surface area contributed by atoms with Gasteiger partial charge < -0.3 is 14.6 Å². The lowest BCUT2D eigenvalue weighted by atomic mass is 10.1. The SMILES string of the molecule is C=NNC(=S)C(C)Oc1ccc(OC(C)(C)C(=O)O)cc1. The van der Waals surface area contributed by atoms with Crippen LogP contribution in [0.3, 0.4) is 0 Å². The molecule has 1 rings (SSSR count). The lowest BCUT2D eigenvalue weighted by Gasteiger charge is -2.21. The van der Waals surface area contributed by atoms with E-state index in [1.807, 2.05) is 0 Å². The molecular formula is C14H18N2O4S. The van der Waals surface area contributed by atoms with Gasteiger partial charge in [-0.05, 0) is 45.0 Å². The fourth-order valence-electron chi connectivity index (χ4n) is 1.35. The van der Waals surface area contributed by atoms with E-state index in [9.17, 15) is 4.79 Å². The van der Waals surface area contributed by atoms with E-state index in [1.165, 1.54) is 13.8 Å². The van der Waals surface area contributed by atoms with E-state index in [0.717, 1.165) is 0 Å². The highest BCUT2D eigenvalue weighted by Gasteiger charge is 2.29. The number of aliphatic carboxylic acids is 1. The van der Waals surface area contributed by atoms with Crippen molar-refractivity contribution in [2.75, 3.05) is 0 Å². The summed E-state index contributed by atoms with van der Waals surface area (Å²) in [5, 5.41) is 12.5. The molecule has 2 N–H and O–H groups in total. The summed E-state index contributed by atoms with van der Waals surface area (Å²) in [6.07, 6.45) is -0.368. The molecular weight excluding hydrogens is 292 g/mol. The molecule has 0 aliphatic rings. The second kappa shape index (κ2) is 7.03. The van der Waals surface area contributed by atoms with Crippen LogP contribution in [0.4, 0.5) is 0 Å². The number of nitrogens with zero attached hydrogens (tertiary/aromatic N) is 1. The molecule has 1 aromatic rings. The minimum atomic E-state index is -1.29. The van der Waals surface area contributed by atoms with Crippen molar-refractivity contribution in [1.82, 2.24) is 5.43 Å². The summed E-state index contributed by atoms with van der Waals surface area (Å²) in [6, 6.07) is 6.62. The van der Waals surface area contributed by atoms with E-state index < -0.39 is 11.6 Å². The van der Waals surface area contributed by atoms with Crippen LogP contribution in [0.5, 0.6) is 11.5 Å². The van der Waals surface area contributed by atoms with Gasteiger partial charge in [0.2, 0.25) is 0 Å². The van der Waals surface area contributed by atoms with E-state index in [-0.39, 0.29) is 6.10 Å². The maximum Gasteiger partial charge on any atom is 0.347 e. The van der Waals surface area contributed by atoms with Crippen LogP contribution in [0, 0.1) is 0 Å². The first-order valence-electron chi connectivity index (χ1n) is 6.21. The van der Waals surface area contributed by atoms with Crippen molar-refractivity contribution in [2.45, 2.75) is 32.5 Å². The average molecular weight is 310 g/mol. The largest absolute Gasteiger partial charge is 0.484 e. The monoisotopic (exact) mass is 310 g/mol. The molecule has 0 saturated heterocycles. The van der Waals surface area contributed by atoms with E-state index in [1.54, 1.807) is 31.2 Å². The molecule has 0 heterocycles. The van der Waals surface area contributed by atoms with Crippen molar-refractivity contribution in [3.8, 4) is 11.5 Å². The van der Waals surface area contributed by atoms with E-state index in [0.29, 0.717) is 16.5 Å². The first-order valence-corrected chi connectivity index (χ1v) is 6.62. The van der Waals surface area contributed by atoms with Gasteiger partial charge in [0.15, 0.2) is 5.60 Å². The van der Waals surface area contributed by atoms with E-state index in [4.69, 9.17) is 26.8 Å². The number of thiocarbonyl (C=S) groups is 1. The molecule has 0 aliphatic carbocycles. The van der Waals surface area contributed by atoms with Crippen molar-refractivity contribution < 1.29 is 19.4 Å². The number of carboxylic acids is 1. The first kappa shape index (κ1) is 16.9. The summed E-state index contributed by atoms with van der Waals surface area (Å²) in [7, 11) is 0. The molecule has 0 aliphatic heterocycles. The molecule has 21 heavy (non-hydrogen) atoms. The van der Waals surface area contributed by atoms with Crippen LogP contribution in [0.25, 0.3) is 0 Å². The molecule has 6 nitrogen and oxygen atoms in total. The minimum absolute atomic E-state index is 0.368. The van der Waals surface area contributed by atoms with Crippen LogP contribution in [-0.2, 0) is 4.79 Å². The second-order valence-corrected chi connectivity index (χ2v) is 5.22. The summed E-state index contributed by atoms with van der Waals surface area (Å²) < 4.78 is 11.0. The third-order valence-electron chi connectivity index (χ3n) is 2.58. The molecule has 114 valence electrons. The number of benzene rings is 1. The zero-order valence-electron chi connectivity index (χ0n) is 12.1. The Morgan fingerprint density at radius 3 is 2.38 bits per heavy atom. The Morgan fingerprint density at radius 1 is 1.38 bits per heavy atom. The van der Waals surface area contributed by atoms with Crippen LogP contribution >= 0.6 is 12.2 Å². The standard InChI is InChI=1S/C14H18N2O4S/c1-9(12(21)16-15-4)19-10-5-7-11(8-6-10)20-14(2,3)13(17)18/h5-9H,4H2,1-3H3,(H,16,21)(H,17,18). The quantitative estimate of drug-likeness (QED) is 0.457. The number of hydrogen-bond donors (Lipinski definition) is 2. The molecule has 1 unspecified atom stereocenters. The Kier molecular flexibility index (Phi) is 5.66. The summed E-state index contributed by atoms with van der Waals surface area (Å²) in [4.78, 5) is 11.4. The Balaban J connectivity index is 2.68. The van der Waals surface area contributed by atoms with Gasteiger partial charge in [-0.15, -0.1) is 0 Å². The highest BCUT2D eigenvalue weighted by atomic mass is 32.1. The number of hydrogen-bond acceptors (Lipinski definition) is 5. The van der Waals surface area contributed by atoms with Crippen molar-refractivity contribution in [3.05, 3.63) is 24.3 Å². The van der Waals surface area contributed by atoms with E-state index in [2.05, 4.69) is 17.2 Å². The van der Waals surface area contributed by atoms with Crippen molar-refractivity contribution >= 4 is 29.9 Å². The summed E-state index contributed by atoms with van der Waals surface area (Å²) in [6.45, 7) is 8.02. The minimum Gasteiger partial charge on any atom is -0.484 e. The number of carbonyl (C=O) groups is 1. The number of ether oxygens (including phenoxy) is 2. The third kappa shape index (κ3) is 5.03. The number of hydrazone groups is 1. The number of nitrogens with one attached hydrogen (secondary N) is 1. The summed E-state index contributed by atoms with van der Waals surface area (Å²) in [5.74, 6) is -0.0168. The van der Waals surface area contributed by atoms with Gasteiger partial charge >= 0.3 is 5.97 Å². The zero-order valence-corrected chi connectivity index (χ0v) is 12.9. The third-order valence-corrected chi connectivity index (χ3v) is 3.01. The lowest BCUT2D eigenvalue weighted by molar-refractivity contribution is -0.152. The fourth-order valence-corrected chi connectivity index (χ4v) is 1.46. The van der Waals surface area contributed by atoms with E-state index >= 15 is 0 Å². The molecule has 0 radical (unpaired) electrons. The highest BCUT2D eigenvalue weighted by molar-refractivity contribution is 7.80. The van der Waals surface area contributed by atoms with Crippen molar-refractivity contribution in [3.63, 3.8) is 0 Å². The summed E-state index contributed by atoms with van der Waals surface area (Å²) in [5.41, 5.74) is 1.26. The van der Waals surface area contributed by atoms with Gasteiger partial charge in [-0.1, -0.05) is 12.2 Å². The van der Waals surface area contributed by atoms with Crippen LogP contribution in [-0.4, -0.2) is 34.5 Å². The predicted octanol–water partition coefficient (Wildman–Crippen LogP) is 2.23. The Labute approximate surface area is 128 Å². The smallest absolute Gasteiger partial charge is 0.347 e. The van der Waals surface area contributed by atoms with Gasteiger partial charge in [0.25, 0.3) is 0 Å². The Bertz CT molecular complexity index is 528. The molecule has 0 amide bonds. The topological polar surface area (TPSA) is 80.2 Å². The van der Waals surface area contributed by atoms with Gasteiger partial charge in [-0.2, -0.15) is 5.10 Å². The normalized spacial score (nSPS) is 12.1. The molecule has 7 heteroatoms. The van der Waals surface area contributed by atoms with Gasteiger partial charge in [0, 0.05) is 6.72 Å². The van der Waals surface area contributed by atoms with Crippen LogP contribution < -0.4 is 14.9 Å². The molecule has 0 saturated carbocycles. The Morgan fingerprint density at radius 2 is 1.90 bits per heavy atom. The molecule has 0 aromatic heterocycles. The van der Waals surface area contributed by atoms with Gasteiger partial charge in [0.05, 0.1) is 0 Å².